The minimum absolute atomic E-state index is 0.123. The molecule has 0 radical (unpaired) electrons. The van der Waals surface area contributed by atoms with Crippen LogP contribution in [0.15, 0.2) is 12.3 Å². The summed E-state index contributed by atoms with van der Waals surface area (Å²) in [5.74, 6) is 0.450. The maximum atomic E-state index is 11.5. The first-order valence-electron chi connectivity index (χ1n) is 5.10. The molecule has 0 saturated carbocycles. The first-order chi connectivity index (χ1) is 7.61. The summed E-state index contributed by atoms with van der Waals surface area (Å²) in [5.41, 5.74) is 5.46. The number of hydrogen-bond donors (Lipinski definition) is 2. The first kappa shape index (κ1) is 12.9. The van der Waals surface area contributed by atoms with E-state index in [0.29, 0.717) is 24.0 Å². The Kier molecular flexibility index (Phi) is 5.14. The van der Waals surface area contributed by atoms with Crippen molar-refractivity contribution in [3.63, 3.8) is 0 Å². The Balaban J connectivity index is 2.40. The molecule has 1 aromatic heterocycles. The van der Waals surface area contributed by atoms with Gasteiger partial charge in [-0.25, -0.2) is 9.97 Å². The Morgan fingerprint density at radius 3 is 3.06 bits per heavy atom. The van der Waals surface area contributed by atoms with E-state index >= 15 is 0 Å². The summed E-state index contributed by atoms with van der Waals surface area (Å²) in [6.45, 7) is 2.59. The number of nitrogens with two attached hydrogens (primary N) is 1. The second-order valence-corrected chi connectivity index (χ2v) is 4.02. The van der Waals surface area contributed by atoms with Gasteiger partial charge < -0.3 is 5.73 Å². The van der Waals surface area contributed by atoms with Crippen molar-refractivity contribution in [2.75, 3.05) is 11.9 Å². The molecule has 6 heteroatoms. The lowest BCUT2D eigenvalue weighted by Crippen LogP contribution is -2.17. The van der Waals surface area contributed by atoms with Gasteiger partial charge in [0.05, 0.1) is 0 Å². The molecule has 1 heterocycles. The maximum absolute atomic E-state index is 11.5. The summed E-state index contributed by atoms with van der Waals surface area (Å²) in [7, 11) is 0. The Labute approximate surface area is 99.4 Å². The molecule has 0 aliphatic carbocycles. The molecule has 1 rings (SSSR count). The number of nitrogens with one attached hydrogen (secondary N) is 1. The average molecular weight is 243 g/mol. The fourth-order valence-corrected chi connectivity index (χ4v) is 1.22. The number of rotatable bonds is 5. The third-order valence-electron chi connectivity index (χ3n) is 2.14. The summed E-state index contributed by atoms with van der Waals surface area (Å²) < 4.78 is 0. The van der Waals surface area contributed by atoms with Crippen molar-refractivity contribution in [3.8, 4) is 0 Å². The minimum atomic E-state index is -0.123. The Bertz CT molecular complexity index is 358. The molecule has 88 valence electrons. The Morgan fingerprint density at radius 1 is 1.69 bits per heavy atom. The molecular weight excluding hydrogens is 228 g/mol. The van der Waals surface area contributed by atoms with E-state index in [0.717, 1.165) is 6.42 Å². The van der Waals surface area contributed by atoms with Crippen LogP contribution in [0.3, 0.4) is 0 Å². The van der Waals surface area contributed by atoms with Gasteiger partial charge in [0.1, 0.15) is 5.15 Å². The maximum Gasteiger partial charge on any atom is 0.230 e. The molecular formula is C10H15ClN4O. The molecule has 1 amide bonds. The molecule has 1 unspecified atom stereocenters. The number of halogens is 1. The molecule has 0 bridgehead atoms. The van der Waals surface area contributed by atoms with Gasteiger partial charge in [0.25, 0.3) is 0 Å². The van der Waals surface area contributed by atoms with Crippen molar-refractivity contribution in [1.82, 2.24) is 9.97 Å². The number of aromatic nitrogens is 2. The van der Waals surface area contributed by atoms with E-state index in [1.54, 1.807) is 6.07 Å². The fourth-order valence-electron chi connectivity index (χ4n) is 1.08. The zero-order valence-corrected chi connectivity index (χ0v) is 9.87. The monoisotopic (exact) mass is 242 g/mol. The molecule has 16 heavy (non-hydrogen) atoms. The molecule has 0 aliphatic rings. The molecule has 3 N–H and O–H groups in total. The molecule has 1 aromatic rings. The minimum Gasteiger partial charge on any atom is -0.330 e. The number of carbonyl (C=O) groups excluding carboxylic acids is 1. The van der Waals surface area contributed by atoms with E-state index < -0.39 is 0 Å². The second-order valence-electron chi connectivity index (χ2n) is 3.63. The lowest BCUT2D eigenvalue weighted by Gasteiger charge is -2.07. The third-order valence-corrected chi connectivity index (χ3v) is 2.35. The van der Waals surface area contributed by atoms with Crippen molar-refractivity contribution in [1.29, 1.82) is 0 Å². The van der Waals surface area contributed by atoms with Crippen molar-refractivity contribution < 1.29 is 4.79 Å². The van der Waals surface area contributed by atoms with E-state index in [-0.39, 0.29) is 11.9 Å². The predicted molar refractivity (Wildman–Crippen MR) is 63.1 cm³/mol. The molecule has 0 fully saturated rings. The van der Waals surface area contributed by atoms with E-state index in [9.17, 15) is 4.79 Å². The molecule has 1 atom stereocenters. The molecule has 0 aliphatic heterocycles. The van der Waals surface area contributed by atoms with Crippen molar-refractivity contribution in [2.45, 2.75) is 19.8 Å². The fraction of sp³-hybridized carbons (Fsp3) is 0.500. The molecule has 0 saturated heterocycles. The van der Waals surface area contributed by atoms with Crippen LogP contribution >= 0.6 is 11.6 Å². The van der Waals surface area contributed by atoms with Crippen LogP contribution in [0.4, 0.5) is 5.95 Å². The summed E-state index contributed by atoms with van der Waals surface area (Å²) >= 11 is 5.66. The van der Waals surface area contributed by atoms with E-state index in [2.05, 4.69) is 15.3 Å². The summed E-state index contributed by atoms with van der Waals surface area (Å²) in [5, 5.41) is 2.88. The zero-order valence-electron chi connectivity index (χ0n) is 9.11. The van der Waals surface area contributed by atoms with Gasteiger partial charge in [-0.1, -0.05) is 18.5 Å². The highest BCUT2D eigenvalue weighted by molar-refractivity contribution is 6.29. The van der Waals surface area contributed by atoms with E-state index in [4.69, 9.17) is 17.3 Å². The van der Waals surface area contributed by atoms with Gasteiger partial charge in [-0.05, 0) is 24.9 Å². The van der Waals surface area contributed by atoms with Crippen molar-refractivity contribution in [2.24, 2.45) is 11.7 Å². The second kappa shape index (κ2) is 6.40. The number of amides is 1. The van der Waals surface area contributed by atoms with E-state index in [1.807, 2.05) is 6.92 Å². The zero-order chi connectivity index (χ0) is 12.0. The number of anilines is 1. The quantitative estimate of drug-likeness (QED) is 0.766. The van der Waals surface area contributed by atoms with Gasteiger partial charge in [-0.3, -0.25) is 10.1 Å². The highest BCUT2D eigenvalue weighted by Gasteiger charge is 2.07. The standard InChI is InChI=1S/C10H15ClN4O/c1-7(6-12)2-3-9(16)15-10-13-5-4-8(11)14-10/h4-5,7H,2-3,6,12H2,1H3,(H,13,14,15,16). The lowest BCUT2D eigenvalue weighted by molar-refractivity contribution is -0.116. The SMILES string of the molecule is CC(CN)CCC(=O)Nc1nccc(Cl)n1. The highest BCUT2D eigenvalue weighted by atomic mass is 35.5. The van der Waals surface area contributed by atoms with Crippen LogP contribution in [-0.2, 0) is 4.79 Å². The predicted octanol–water partition coefficient (Wildman–Crippen LogP) is 1.44. The average Bonchev–Trinajstić information content (AvgIpc) is 2.26. The Morgan fingerprint density at radius 2 is 2.44 bits per heavy atom. The van der Waals surface area contributed by atoms with Crippen LogP contribution in [0, 0.1) is 5.92 Å². The smallest absolute Gasteiger partial charge is 0.230 e. The number of nitrogens with zero attached hydrogens (tertiary/aromatic N) is 2. The molecule has 0 aromatic carbocycles. The van der Waals surface area contributed by atoms with Crippen LogP contribution in [0.2, 0.25) is 5.15 Å². The van der Waals surface area contributed by atoms with Crippen LogP contribution < -0.4 is 11.1 Å². The van der Waals surface area contributed by atoms with E-state index in [1.165, 1.54) is 6.20 Å². The van der Waals surface area contributed by atoms with Crippen LogP contribution in [-0.4, -0.2) is 22.4 Å². The third kappa shape index (κ3) is 4.55. The van der Waals surface area contributed by atoms with Crippen molar-refractivity contribution >= 4 is 23.5 Å². The van der Waals surface area contributed by atoms with Gasteiger partial charge in [-0.15, -0.1) is 0 Å². The van der Waals surface area contributed by atoms with Gasteiger partial charge in [0, 0.05) is 12.6 Å². The highest BCUT2D eigenvalue weighted by Crippen LogP contribution is 2.08. The number of hydrogen-bond acceptors (Lipinski definition) is 4. The summed E-state index contributed by atoms with van der Waals surface area (Å²) in [4.78, 5) is 19.2. The van der Waals surface area contributed by atoms with Crippen LogP contribution in [0.25, 0.3) is 0 Å². The summed E-state index contributed by atoms with van der Waals surface area (Å²) in [6.07, 6.45) is 2.66. The normalized spacial score (nSPS) is 12.2. The van der Waals surface area contributed by atoms with Gasteiger partial charge >= 0.3 is 0 Å². The topological polar surface area (TPSA) is 80.9 Å². The summed E-state index contributed by atoms with van der Waals surface area (Å²) in [6, 6.07) is 1.55. The lowest BCUT2D eigenvalue weighted by atomic mass is 10.1. The van der Waals surface area contributed by atoms with Gasteiger partial charge in [0.15, 0.2) is 0 Å². The first-order valence-corrected chi connectivity index (χ1v) is 5.48. The largest absolute Gasteiger partial charge is 0.330 e. The van der Waals surface area contributed by atoms with Gasteiger partial charge in [-0.2, -0.15) is 0 Å². The van der Waals surface area contributed by atoms with Crippen molar-refractivity contribution in [3.05, 3.63) is 17.4 Å². The number of carbonyl (C=O) groups is 1. The molecule has 5 nitrogen and oxygen atoms in total. The Hall–Kier alpha value is -1.20. The molecule has 0 spiro atoms. The van der Waals surface area contributed by atoms with Crippen LogP contribution in [0.1, 0.15) is 19.8 Å². The van der Waals surface area contributed by atoms with Gasteiger partial charge in [0.2, 0.25) is 11.9 Å². The van der Waals surface area contributed by atoms with Crippen LogP contribution in [0.5, 0.6) is 0 Å².